The van der Waals surface area contributed by atoms with Crippen LogP contribution in [0.1, 0.15) is 42.6 Å². The SMILES string of the molecule is C=C/C=C1C=C(/C=C/C2=C(O)c3cc4ccccc4cc3C2=O)CC(C)(C)C/1. The zero-order valence-electron chi connectivity index (χ0n) is 16.3. The molecule has 2 nitrogen and oxygen atoms in total. The molecule has 0 aromatic heterocycles. The van der Waals surface area contributed by atoms with Gasteiger partial charge in [-0.05, 0) is 58.4 Å². The van der Waals surface area contributed by atoms with Gasteiger partial charge < -0.3 is 5.11 Å². The normalized spacial score (nSPS) is 20.1. The Morgan fingerprint density at radius 2 is 1.71 bits per heavy atom. The molecule has 0 unspecified atom stereocenters. The molecule has 4 rings (SSSR count). The molecule has 1 N–H and O–H groups in total. The van der Waals surface area contributed by atoms with Crippen LogP contribution in [0.25, 0.3) is 16.5 Å². The van der Waals surface area contributed by atoms with Crippen LogP contribution in [0.2, 0.25) is 0 Å². The van der Waals surface area contributed by atoms with Crippen molar-refractivity contribution in [3.63, 3.8) is 0 Å². The lowest BCUT2D eigenvalue weighted by molar-refractivity contribution is 0.104. The monoisotopic (exact) mass is 368 g/mol. The van der Waals surface area contributed by atoms with E-state index >= 15 is 0 Å². The molecule has 0 aliphatic heterocycles. The number of ketones is 1. The molecule has 0 radical (unpaired) electrons. The van der Waals surface area contributed by atoms with E-state index in [9.17, 15) is 9.90 Å². The lowest BCUT2D eigenvalue weighted by Gasteiger charge is -2.30. The van der Waals surface area contributed by atoms with E-state index in [1.165, 1.54) is 5.57 Å². The van der Waals surface area contributed by atoms with Gasteiger partial charge in [-0.15, -0.1) is 0 Å². The Bertz CT molecular complexity index is 1120. The Hall–Kier alpha value is -3.13. The Kier molecular flexibility index (Phi) is 4.43. The Morgan fingerprint density at radius 1 is 1.04 bits per heavy atom. The van der Waals surface area contributed by atoms with Gasteiger partial charge in [-0.25, -0.2) is 0 Å². The molecule has 2 aliphatic carbocycles. The number of allylic oxidation sites excluding steroid dienone is 8. The molecule has 140 valence electrons. The van der Waals surface area contributed by atoms with Gasteiger partial charge in [0.1, 0.15) is 5.76 Å². The summed E-state index contributed by atoms with van der Waals surface area (Å²) >= 11 is 0. The second-order valence-electron chi connectivity index (χ2n) is 8.38. The van der Waals surface area contributed by atoms with E-state index in [0.717, 1.165) is 29.2 Å². The van der Waals surface area contributed by atoms with Crippen molar-refractivity contribution in [1.82, 2.24) is 0 Å². The summed E-state index contributed by atoms with van der Waals surface area (Å²) in [7, 11) is 0. The van der Waals surface area contributed by atoms with E-state index in [0.29, 0.717) is 16.7 Å². The Labute approximate surface area is 165 Å². The third kappa shape index (κ3) is 3.27. The van der Waals surface area contributed by atoms with Gasteiger partial charge in [0, 0.05) is 11.1 Å². The average Bonchev–Trinajstić information content (AvgIpc) is 2.87. The summed E-state index contributed by atoms with van der Waals surface area (Å²) in [6.07, 6.45) is 11.7. The van der Waals surface area contributed by atoms with Crippen LogP contribution in [0, 0.1) is 5.41 Å². The number of carbonyl (C=O) groups is 1. The highest BCUT2D eigenvalue weighted by Gasteiger charge is 2.29. The molecule has 0 atom stereocenters. The fraction of sp³-hybridized carbons (Fsp3) is 0.192. The minimum absolute atomic E-state index is 0.0690. The van der Waals surface area contributed by atoms with E-state index in [2.05, 4.69) is 26.5 Å². The maximum Gasteiger partial charge on any atom is 0.197 e. The number of benzene rings is 2. The fourth-order valence-corrected chi connectivity index (χ4v) is 4.24. The van der Waals surface area contributed by atoms with E-state index in [1.807, 2.05) is 54.6 Å². The van der Waals surface area contributed by atoms with Crippen molar-refractivity contribution >= 4 is 22.3 Å². The van der Waals surface area contributed by atoms with E-state index in [4.69, 9.17) is 0 Å². The predicted octanol–water partition coefficient (Wildman–Crippen LogP) is 6.72. The number of aliphatic hydroxyl groups is 1. The van der Waals surface area contributed by atoms with Crippen LogP contribution in [0.15, 0.2) is 90.1 Å². The van der Waals surface area contributed by atoms with Gasteiger partial charge in [0.05, 0.1) is 5.57 Å². The van der Waals surface area contributed by atoms with Gasteiger partial charge in [-0.3, -0.25) is 4.79 Å². The van der Waals surface area contributed by atoms with Crippen LogP contribution in [0.5, 0.6) is 0 Å². The van der Waals surface area contributed by atoms with Crippen LogP contribution in [-0.2, 0) is 0 Å². The van der Waals surface area contributed by atoms with Crippen molar-refractivity contribution < 1.29 is 9.90 Å². The zero-order valence-corrected chi connectivity index (χ0v) is 16.3. The number of carbonyl (C=O) groups excluding carboxylic acids is 1. The Morgan fingerprint density at radius 3 is 2.39 bits per heavy atom. The maximum absolute atomic E-state index is 12.9. The largest absolute Gasteiger partial charge is 0.507 e. The average molecular weight is 368 g/mol. The van der Waals surface area contributed by atoms with Crippen molar-refractivity contribution in [1.29, 1.82) is 0 Å². The first kappa shape index (κ1) is 18.2. The van der Waals surface area contributed by atoms with Crippen LogP contribution in [-0.4, -0.2) is 10.9 Å². The van der Waals surface area contributed by atoms with Gasteiger partial charge in [0.2, 0.25) is 0 Å². The third-order valence-corrected chi connectivity index (χ3v) is 5.42. The van der Waals surface area contributed by atoms with Crippen LogP contribution < -0.4 is 0 Å². The molecule has 2 aromatic rings. The second kappa shape index (κ2) is 6.79. The van der Waals surface area contributed by atoms with Crippen molar-refractivity contribution in [2.24, 2.45) is 5.41 Å². The summed E-state index contributed by atoms with van der Waals surface area (Å²) in [5, 5.41) is 12.7. The second-order valence-corrected chi connectivity index (χ2v) is 8.38. The van der Waals surface area contributed by atoms with Gasteiger partial charge in [0.25, 0.3) is 0 Å². The van der Waals surface area contributed by atoms with Crippen molar-refractivity contribution in [2.75, 3.05) is 0 Å². The molecule has 0 saturated carbocycles. The van der Waals surface area contributed by atoms with E-state index < -0.39 is 0 Å². The summed E-state index contributed by atoms with van der Waals surface area (Å²) in [5.74, 6) is -0.0495. The lowest BCUT2D eigenvalue weighted by atomic mass is 9.75. The summed E-state index contributed by atoms with van der Waals surface area (Å²) in [6.45, 7) is 8.27. The number of fused-ring (bicyclic) bond motifs is 2. The van der Waals surface area contributed by atoms with Gasteiger partial charge in [-0.1, -0.05) is 69.0 Å². The quantitative estimate of drug-likeness (QED) is 0.653. The van der Waals surface area contributed by atoms with Gasteiger partial charge in [-0.2, -0.15) is 0 Å². The number of rotatable bonds is 3. The Balaban J connectivity index is 1.70. The van der Waals surface area contributed by atoms with Gasteiger partial charge >= 0.3 is 0 Å². The molecule has 2 aliphatic rings. The van der Waals surface area contributed by atoms with Gasteiger partial charge in [0.15, 0.2) is 5.78 Å². The highest BCUT2D eigenvalue weighted by atomic mass is 16.3. The third-order valence-electron chi connectivity index (χ3n) is 5.42. The van der Waals surface area contributed by atoms with Crippen LogP contribution >= 0.6 is 0 Å². The van der Waals surface area contributed by atoms with E-state index in [-0.39, 0.29) is 17.0 Å². The first-order chi connectivity index (χ1) is 13.4. The fourth-order valence-electron chi connectivity index (χ4n) is 4.24. The molecule has 2 aromatic carbocycles. The maximum atomic E-state index is 12.9. The summed E-state index contributed by atoms with van der Waals surface area (Å²) in [6, 6.07) is 11.6. The molecular weight excluding hydrogens is 344 g/mol. The first-order valence-electron chi connectivity index (χ1n) is 9.59. The number of aliphatic hydroxyl groups excluding tert-OH is 1. The predicted molar refractivity (Wildman–Crippen MR) is 116 cm³/mol. The molecule has 0 heterocycles. The van der Waals surface area contributed by atoms with Crippen molar-refractivity contribution in [2.45, 2.75) is 26.7 Å². The molecule has 0 saturated heterocycles. The summed E-state index contributed by atoms with van der Waals surface area (Å²) in [5.41, 5.74) is 4.09. The number of Topliss-reactive ketones (excluding diaryl/α,β-unsaturated/α-hetero) is 1. The van der Waals surface area contributed by atoms with Crippen molar-refractivity contribution in [3.05, 3.63) is 101 Å². The standard InChI is InChI=1S/C26H24O2/c1-4-7-17-12-18(16-26(2,3)15-17)10-11-21-24(27)22-13-19-8-5-6-9-20(19)14-23(22)25(21)28/h4-14,27H,1,15-16H2,2-3H3/b11-10+,17-7-. The molecule has 0 fully saturated rings. The topological polar surface area (TPSA) is 37.3 Å². The summed E-state index contributed by atoms with van der Waals surface area (Å²) in [4.78, 5) is 12.9. The van der Waals surface area contributed by atoms with Crippen molar-refractivity contribution in [3.8, 4) is 0 Å². The molecular formula is C26H24O2. The lowest BCUT2D eigenvalue weighted by Crippen LogP contribution is -2.16. The zero-order chi connectivity index (χ0) is 19.9. The number of hydrogen-bond donors (Lipinski definition) is 1. The highest BCUT2D eigenvalue weighted by Crippen LogP contribution is 2.39. The molecule has 0 spiro atoms. The van der Waals surface area contributed by atoms with Crippen LogP contribution in [0.3, 0.4) is 0 Å². The highest BCUT2D eigenvalue weighted by molar-refractivity contribution is 6.22. The smallest absolute Gasteiger partial charge is 0.197 e. The first-order valence-corrected chi connectivity index (χ1v) is 9.59. The molecule has 0 amide bonds. The minimum atomic E-state index is -0.118. The minimum Gasteiger partial charge on any atom is -0.507 e. The van der Waals surface area contributed by atoms with Crippen LogP contribution in [0.4, 0.5) is 0 Å². The molecule has 28 heavy (non-hydrogen) atoms. The number of hydrogen-bond acceptors (Lipinski definition) is 2. The summed E-state index contributed by atoms with van der Waals surface area (Å²) < 4.78 is 0. The molecule has 0 bridgehead atoms. The van der Waals surface area contributed by atoms with E-state index in [1.54, 1.807) is 6.08 Å². The molecule has 2 heteroatoms.